The smallest absolute Gasteiger partial charge is 0.177 e. The van der Waals surface area contributed by atoms with Crippen LogP contribution >= 0.6 is 0 Å². The summed E-state index contributed by atoms with van der Waals surface area (Å²) in [6, 6.07) is 10.1. The van der Waals surface area contributed by atoms with E-state index in [1.807, 2.05) is 30.4 Å². The van der Waals surface area contributed by atoms with Gasteiger partial charge in [-0.2, -0.15) is 0 Å². The number of benzene rings is 1. The minimum atomic E-state index is -0.151. The molecule has 0 aromatic heterocycles. The van der Waals surface area contributed by atoms with Gasteiger partial charge in [0.25, 0.3) is 0 Å². The van der Waals surface area contributed by atoms with Crippen LogP contribution in [0.25, 0.3) is 0 Å². The fraction of sp³-hybridized carbons (Fsp3) is 0.385. The summed E-state index contributed by atoms with van der Waals surface area (Å²) in [5.74, 6) is 0. The van der Waals surface area contributed by atoms with E-state index in [-0.39, 0.29) is 18.5 Å². The molecular weight excluding hydrogens is 204 g/mol. The van der Waals surface area contributed by atoms with E-state index in [0.717, 1.165) is 0 Å². The van der Waals surface area contributed by atoms with Crippen molar-refractivity contribution in [3.63, 3.8) is 0 Å². The second-order valence-corrected chi connectivity index (χ2v) is 4.02. The second kappa shape index (κ2) is 4.37. The molecule has 1 saturated heterocycles. The zero-order valence-corrected chi connectivity index (χ0v) is 8.91. The second-order valence-electron chi connectivity index (χ2n) is 4.02. The van der Waals surface area contributed by atoms with Gasteiger partial charge in [-0.1, -0.05) is 36.4 Å². The van der Waals surface area contributed by atoms with Gasteiger partial charge in [0.2, 0.25) is 0 Å². The third kappa shape index (κ3) is 2.02. The van der Waals surface area contributed by atoms with Crippen LogP contribution < -0.4 is 0 Å². The fourth-order valence-corrected chi connectivity index (χ4v) is 1.97. The summed E-state index contributed by atoms with van der Waals surface area (Å²) in [7, 11) is 0. The van der Waals surface area contributed by atoms with Crippen molar-refractivity contribution in [3.8, 4) is 0 Å². The highest BCUT2D eigenvalue weighted by Gasteiger charge is 2.34. The highest BCUT2D eigenvalue weighted by Crippen LogP contribution is 2.24. The molecule has 1 fully saturated rings. The molecule has 3 atom stereocenters. The van der Waals surface area contributed by atoms with Crippen molar-refractivity contribution in [1.29, 1.82) is 0 Å². The molecule has 1 aromatic carbocycles. The van der Waals surface area contributed by atoms with Gasteiger partial charge < -0.3 is 14.2 Å². The normalized spacial score (nSPS) is 31.9. The zero-order valence-electron chi connectivity index (χ0n) is 8.91. The Hall–Kier alpha value is -1.16. The van der Waals surface area contributed by atoms with Gasteiger partial charge in [-0.25, -0.2) is 0 Å². The molecule has 2 bridgehead atoms. The third-order valence-electron chi connectivity index (χ3n) is 2.84. The van der Waals surface area contributed by atoms with Gasteiger partial charge in [0.15, 0.2) is 6.29 Å². The van der Waals surface area contributed by atoms with E-state index < -0.39 is 0 Å². The Morgan fingerprint density at radius 1 is 1.19 bits per heavy atom. The molecular formula is C13H14O3. The van der Waals surface area contributed by atoms with E-state index >= 15 is 0 Å². The van der Waals surface area contributed by atoms with E-state index in [1.165, 1.54) is 5.56 Å². The minimum absolute atomic E-state index is 0.0129. The van der Waals surface area contributed by atoms with Crippen molar-refractivity contribution in [3.05, 3.63) is 48.0 Å². The first-order chi connectivity index (χ1) is 7.92. The van der Waals surface area contributed by atoms with Crippen LogP contribution in [0.15, 0.2) is 42.5 Å². The monoisotopic (exact) mass is 218 g/mol. The maximum absolute atomic E-state index is 5.81. The number of rotatable bonds is 3. The molecule has 3 nitrogen and oxygen atoms in total. The van der Waals surface area contributed by atoms with Gasteiger partial charge >= 0.3 is 0 Å². The largest absolute Gasteiger partial charge is 0.367 e. The third-order valence-corrected chi connectivity index (χ3v) is 2.84. The number of hydrogen-bond donors (Lipinski definition) is 0. The molecule has 0 saturated carbocycles. The van der Waals surface area contributed by atoms with Gasteiger partial charge in [0, 0.05) is 0 Å². The van der Waals surface area contributed by atoms with Crippen molar-refractivity contribution in [2.24, 2.45) is 0 Å². The number of ether oxygens (including phenoxy) is 3. The Balaban J connectivity index is 1.60. The summed E-state index contributed by atoms with van der Waals surface area (Å²) >= 11 is 0. The highest BCUT2D eigenvalue weighted by atomic mass is 16.7. The maximum Gasteiger partial charge on any atom is 0.177 e. The first-order valence-electron chi connectivity index (χ1n) is 5.53. The van der Waals surface area contributed by atoms with E-state index in [4.69, 9.17) is 14.2 Å². The van der Waals surface area contributed by atoms with Crippen LogP contribution in [0.5, 0.6) is 0 Å². The highest BCUT2D eigenvalue weighted by molar-refractivity contribution is 5.14. The Labute approximate surface area is 94.6 Å². The van der Waals surface area contributed by atoms with Crippen molar-refractivity contribution in [2.45, 2.75) is 25.1 Å². The molecule has 2 aliphatic heterocycles. The maximum atomic E-state index is 5.81. The average molecular weight is 218 g/mol. The van der Waals surface area contributed by atoms with Crippen molar-refractivity contribution in [1.82, 2.24) is 0 Å². The zero-order chi connectivity index (χ0) is 10.8. The molecule has 0 N–H and O–H groups in total. The van der Waals surface area contributed by atoms with E-state index in [2.05, 4.69) is 12.1 Å². The number of fused-ring (bicyclic) bond motifs is 2. The van der Waals surface area contributed by atoms with Gasteiger partial charge in [-0.05, 0) is 11.6 Å². The van der Waals surface area contributed by atoms with Crippen LogP contribution in [-0.4, -0.2) is 25.1 Å². The van der Waals surface area contributed by atoms with Crippen molar-refractivity contribution in [2.75, 3.05) is 6.61 Å². The molecule has 0 spiro atoms. The topological polar surface area (TPSA) is 27.7 Å². The molecule has 0 amide bonds. The Morgan fingerprint density at radius 3 is 2.94 bits per heavy atom. The summed E-state index contributed by atoms with van der Waals surface area (Å²) in [6.07, 6.45) is 3.87. The minimum Gasteiger partial charge on any atom is -0.367 e. The Morgan fingerprint density at radius 2 is 2.06 bits per heavy atom. The standard InChI is InChI=1S/C13H14O3/c1-2-4-10(5-3-1)8-14-11-6-7-13-15-9-12(11)16-13/h1-7,11-13H,8-9H2/t11-,12?,13+/m0/s1. The SMILES string of the molecule is C1=C[C@H](OCc2ccccc2)C2CO[C@@H]1O2. The summed E-state index contributed by atoms with van der Waals surface area (Å²) in [4.78, 5) is 0. The van der Waals surface area contributed by atoms with Gasteiger partial charge in [0.1, 0.15) is 12.2 Å². The molecule has 3 rings (SSSR count). The molecule has 0 radical (unpaired) electrons. The van der Waals surface area contributed by atoms with Crippen LogP contribution in [0, 0.1) is 0 Å². The summed E-state index contributed by atoms with van der Waals surface area (Å²) < 4.78 is 16.7. The molecule has 3 heteroatoms. The Kier molecular flexibility index (Phi) is 2.74. The first kappa shape index (κ1) is 10.0. The molecule has 2 heterocycles. The molecule has 0 aliphatic carbocycles. The molecule has 16 heavy (non-hydrogen) atoms. The lowest BCUT2D eigenvalue weighted by molar-refractivity contribution is -0.0749. The molecule has 1 unspecified atom stereocenters. The quantitative estimate of drug-likeness (QED) is 0.725. The van der Waals surface area contributed by atoms with Crippen LogP contribution in [0.1, 0.15) is 5.56 Å². The lowest BCUT2D eigenvalue weighted by Gasteiger charge is -2.22. The first-order valence-corrected chi connectivity index (χ1v) is 5.53. The summed E-state index contributed by atoms with van der Waals surface area (Å²) in [6.45, 7) is 1.23. The predicted molar refractivity (Wildman–Crippen MR) is 58.8 cm³/mol. The molecule has 84 valence electrons. The fourth-order valence-electron chi connectivity index (χ4n) is 1.97. The lowest BCUT2D eigenvalue weighted by atomic mass is 10.1. The van der Waals surface area contributed by atoms with Gasteiger partial charge in [-0.15, -0.1) is 0 Å². The summed E-state index contributed by atoms with van der Waals surface area (Å²) in [5.41, 5.74) is 1.18. The van der Waals surface area contributed by atoms with Crippen LogP contribution in [-0.2, 0) is 20.8 Å². The van der Waals surface area contributed by atoms with E-state index in [9.17, 15) is 0 Å². The number of hydrogen-bond acceptors (Lipinski definition) is 3. The van der Waals surface area contributed by atoms with Crippen molar-refractivity contribution >= 4 is 0 Å². The average Bonchev–Trinajstić information content (AvgIpc) is 2.72. The molecule has 2 aliphatic rings. The summed E-state index contributed by atoms with van der Waals surface area (Å²) in [5, 5.41) is 0. The van der Waals surface area contributed by atoms with Crippen LogP contribution in [0.2, 0.25) is 0 Å². The Bertz CT molecular complexity index is 374. The van der Waals surface area contributed by atoms with Crippen molar-refractivity contribution < 1.29 is 14.2 Å². The lowest BCUT2D eigenvalue weighted by Crippen LogP contribution is -2.32. The predicted octanol–water partition coefficient (Wildman–Crippen LogP) is 1.88. The van der Waals surface area contributed by atoms with Crippen LogP contribution in [0.4, 0.5) is 0 Å². The van der Waals surface area contributed by atoms with Gasteiger partial charge in [-0.3, -0.25) is 0 Å². The van der Waals surface area contributed by atoms with Gasteiger partial charge in [0.05, 0.1) is 13.2 Å². The van der Waals surface area contributed by atoms with E-state index in [0.29, 0.717) is 13.2 Å². The van der Waals surface area contributed by atoms with Crippen LogP contribution in [0.3, 0.4) is 0 Å². The van der Waals surface area contributed by atoms with E-state index in [1.54, 1.807) is 0 Å². The molecule has 1 aromatic rings.